The summed E-state index contributed by atoms with van der Waals surface area (Å²) in [6.07, 6.45) is 2.26. The molecule has 0 fully saturated rings. The second kappa shape index (κ2) is 5.01. The lowest BCUT2D eigenvalue weighted by Gasteiger charge is -2.16. The van der Waals surface area contributed by atoms with Gasteiger partial charge in [0.05, 0.1) is 15.6 Å². The molecule has 2 aliphatic heterocycles. The summed E-state index contributed by atoms with van der Waals surface area (Å²) >= 11 is 12.3. The summed E-state index contributed by atoms with van der Waals surface area (Å²) in [5, 5.41) is 6.14. The molecule has 3 heterocycles. The van der Waals surface area contributed by atoms with Crippen LogP contribution in [0.25, 0.3) is 22.0 Å². The van der Waals surface area contributed by atoms with Crippen LogP contribution < -0.4 is 5.32 Å². The van der Waals surface area contributed by atoms with Gasteiger partial charge in [0.25, 0.3) is 0 Å². The number of benzene rings is 2. The van der Waals surface area contributed by atoms with E-state index < -0.39 is 0 Å². The molecule has 5 rings (SSSR count). The molecule has 1 aromatic heterocycles. The van der Waals surface area contributed by atoms with E-state index in [1.165, 1.54) is 33.3 Å². The third-order valence-corrected chi connectivity index (χ3v) is 5.90. The predicted octanol–water partition coefficient (Wildman–Crippen LogP) is 4.82. The van der Waals surface area contributed by atoms with Crippen molar-refractivity contribution in [3.05, 3.63) is 57.2 Å². The van der Waals surface area contributed by atoms with Gasteiger partial charge in [-0.05, 0) is 52.9 Å². The number of nitrogens with one attached hydrogen (secondary N) is 1. The third-order valence-electron chi connectivity index (χ3n) is 5.16. The molecule has 0 aliphatic carbocycles. The molecule has 0 bridgehead atoms. The van der Waals surface area contributed by atoms with Gasteiger partial charge in [-0.25, -0.2) is 0 Å². The van der Waals surface area contributed by atoms with Gasteiger partial charge >= 0.3 is 0 Å². The highest BCUT2D eigenvalue weighted by Gasteiger charge is 2.25. The van der Waals surface area contributed by atoms with Crippen LogP contribution in [0.1, 0.15) is 16.8 Å². The largest absolute Gasteiger partial charge is 0.344 e. The Hall–Kier alpha value is -1.48. The van der Waals surface area contributed by atoms with Crippen molar-refractivity contribution in [1.29, 1.82) is 0 Å². The van der Waals surface area contributed by atoms with Crippen molar-refractivity contribution in [2.75, 3.05) is 6.54 Å². The fourth-order valence-electron chi connectivity index (χ4n) is 4.11. The van der Waals surface area contributed by atoms with Gasteiger partial charge in [-0.3, -0.25) is 0 Å². The van der Waals surface area contributed by atoms with E-state index in [4.69, 9.17) is 23.2 Å². The Bertz CT molecular complexity index is 956. The molecule has 0 atom stereocenters. The second-order valence-electron chi connectivity index (χ2n) is 6.41. The smallest absolute Gasteiger partial charge is 0.0598 e. The number of nitrogens with zero attached hydrogens (tertiary/aromatic N) is 1. The zero-order valence-electron chi connectivity index (χ0n) is 12.6. The molecule has 0 spiro atoms. The van der Waals surface area contributed by atoms with Crippen molar-refractivity contribution in [3.63, 3.8) is 0 Å². The van der Waals surface area contributed by atoms with Gasteiger partial charge in [0.15, 0.2) is 0 Å². The topological polar surface area (TPSA) is 17.0 Å². The lowest BCUT2D eigenvalue weighted by atomic mass is 9.97. The molecule has 1 N–H and O–H groups in total. The first-order valence-electron chi connectivity index (χ1n) is 8.05. The van der Waals surface area contributed by atoms with Crippen LogP contribution in [0, 0.1) is 0 Å². The van der Waals surface area contributed by atoms with Gasteiger partial charge in [-0.2, -0.15) is 0 Å². The number of rotatable bonds is 1. The molecule has 0 unspecified atom stereocenters. The maximum absolute atomic E-state index is 6.21. The van der Waals surface area contributed by atoms with E-state index in [0.717, 1.165) is 38.0 Å². The first kappa shape index (κ1) is 13.9. The number of hydrogen-bond acceptors (Lipinski definition) is 1. The Morgan fingerprint density at radius 2 is 1.87 bits per heavy atom. The van der Waals surface area contributed by atoms with E-state index >= 15 is 0 Å². The van der Waals surface area contributed by atoms with E-state index in [-0.39, 0.29) is 0 Å². The van der Waals surface area contributed by atoms with Crippen LogP contribution >= 0.6 is 23.2 Å². The van der Waals surface area contributed by atoms with Gasteiger partial charge in [0, 0.05) is 37.1 Å². The molecule has 0 radical (unpaired) electrons. The van der Waals surface area contributed by atoms with E-state index in [2.05, 4.69) is 28.1 Å². The molecular formula is C19H16Cl2N2. The molecule has 23 heavy (non-hydrogen) atoms. The fraction of sp³-hybridized carbons (Fsp3) is 0.263. The van der Waals surface area contributed by atoms with Crippen LogP contribution in [0.5, 0.6) is 0 Å². The Balaban J connectivity index is 1.78. The number of aromatic nitrogens is 1. The van der Waals surface area contributed by atoms with Crippen LogP contribution in [-0.4, -0.2) is 11.1 Å². The molecule has 4 heteroatoms. The Kier molecular flexibility index (Phi) is 3.03. The van der Waals surface area contributed by atoms with Crippen LogP contribution in [-0.2, 0) is 25.9 Å². The summed E-state index contributed by atoms with van der Waals surface area (Å²) < 4.78 is 2.54. The maximum atomic E-state index is 6.21. The summed E-state index contributed by atoms with van der Waals surface area (Å²) in [5.74, 6) is 0. The molecular weight excluding hydrogens is 327 g/mol. The molecule has 2 aliphatic rings. The molecule has 116 valence electrons. The van der Waals surface area contributed by atoms with Gasteiger partial charge < -0.3 is 9.88 Å². The molecule has 0 saturated heterocycles. The maximum Gasteiger partial charge on any atom is 0.0598 e. The third kappa shape index (κ3) is 1.99. The van der Waals surface area contributed by atoms with Crippen molar-refractivity contribution in [1.82, 2.24) is 9.88 Å². The summed E-state index contributed by atoms with van der Waals surface area (Å²) in [5.41, 5.74) is 8.28. The normalized spacial score (nSPS) is 16.1. The van der Waals surface area contributed by atoms with Crippen LogP contribution in [0.15, 0.2) is 30.3 Å². The van der Waals surface area contributed by atoms with Gasteiger partial charge in [-0.1, -0.05) is 29.3 Å². The van der Waals surface area contributed by atoms with Crippen molar-refractivity contribution < 1.29 is 0 Å². The first-order chi connectivity index (χ1) is 11.2. The lowest BCUT2D eigenvalue weighted by Crippen LogP contribution is -2.24. The number of halogens is 2. The highest BCUT2D eigenvalue weighted by molar-refractivity contribution is 6.42. The second-order valence-corrected chi connectivity index (χ2v) is 7.23. The summed E-state index contributed by atoms with van der Waals surface area (Å²) in [4.78, 5) is 0. The molecule has 0 amide bonds. The monoisotopic (exact) mass is 342 g/mol. The predicted molar refractivity (Wildman–Crippen MR) is 96.5 cm³/mol. The average Bonchev–Trinajstić information content (AvgIpc) is 3.13. The van der Waals surface area contributed by atoms with Crippen LogP contribution in [0.2, 0.25) is 10.0 Å². The van der Waals surface area contributed by atoms with E-state index in [1.807, 2.05) is 12.1 Å². The Morgan fingerprint density at radius 1 is 0.957 bits per heavy atom. The molecule has 3 aromatic rings. The van der Waals surface area contributed by atoms with Crippen molar-refractivity contribution in [2.24, 2.45) is 0 Å². The SMILES string of the molecule is Clc1ccc(-c2cc3c4c(c2)c2c(n4CC3)CCNC2)cc1Cl. The van der Waals surface area contributed by atoms with E-state index in [0.29, 0.717) is 10.0 Å². The molecule has 0 saturated carbocycles. The van der Waals surface area contributed by atoms with Crippen molar-refractivity contribution in [2.45, 2.75) is 25.9 Å². The number of hydrogen-bond donors (Lipinski definition) is 1. The zero-order valence-corrected chi connectivity index (χ0v) is 14.1. The standard InChI is InChI=1S/C19H16Cl2N2/c20-16-2-1-11(9-17(16)21)13-7-12-4-6-23-18-3-5-22-10-15(18)14(8-13)19(12)23/h1-2,7-9,22H,3-6,10H2. The highest BCUT2D eigenvalue weighted by Crippen LogP contribution is 2.39. The fourth-order valence-corrected chi connectivity index (χ4v) is 4.41. The zero-order chi connectivity index (χ0) is 15.6. The van der Waals surface area contributed by atoms with E-state index in [9.17, 15) is 0 Å². The summed E-state index contributed by atoms with van der Waals surface area (Å²) in [6, 6.07) is 10.6. The minimum Gasteiger partial charge on any atom is -0.344 e. The average molecular weight is 343 g/mol. The van der Waals surface area contributed by atoms with Gasteiger partial charge in [-0.15, -0.1) is 0 Å². The number of fused-ring (bicyclic) bond motifs is 3. The van der Waals surface area contributed by atoms with Crippen molar-refractivity contribution in [3.8, 4) is 11.1 Å². The first-order valence-corrected chi connectivity index (χ1v) is 8.81. The lowest BCUT2D eigenvalue weighted by molar-refractivity contribution is 0.604. The summed E-state index contributed by atoms with van der Waals surface area (Å²) in [7, 11) is 0. The highest BCUT2D eigenvalue weighted by atomic mass is 35.5. The van der Waals surface area contributed by atoms with Crippen LogP contribution in [0.3, 0.4) is 0 Å². The van der Waals surface area contributed by atoms with E-state index in [1.54, 1.807) is 0 Å². The minimum absolute atomic E-state index is 0.605. The van der Waals surface area contributed by atoms with Crippen molar-refractivity contribution >= 4 is 34.1 Å². The van der Waals surface area contributed by atoms with Crippen LogP contribution in [0.4, 0.5) is 0 Å². The van der Waals surface area contributed by atoms with Gasteiger partial charge in [0.1, 0.15) is 0 Å². The Labute approximate surface area is 145 Å². The summed E-state index contributed by atoms with van der Waals surface area (Å²) in [6.45, 7) is 3.17. The number of aryl methyl sites for hydroxylation is 2. The quantitative estimate of drug-likeness (QED) is 0.671. The molecule has 2 aromatic carbocycles. The minimum atomic E-state index is 0.605. The molecule has 2 nitrogen and oxygen atoms in total. The Morgan fingerprint density at radius 3 is 2.74 bits per heavy atom. The van der Waals surface area contributed by atoms with Gasteiger partial charge in [0.2, 0.25) is 0 Å².